The summed E-state index contributed by atoms with van der Waals surface area (Å²) in [6.45, 7) is 1.65. The van der Waals surface area contributed by atoms with Crippen molar-refractivity contribution in [3.63, 3.8) is 0 Å². The van der Waals surface area contributed by atoms with Gasteiger partial charge in [0.05, 0.1) is 34.0 Å². The molecule has 4 rings (SSSR count). The summed E-state index contributed by atoms with van der Waals surface area (Å²) in [7, 11) is 2.89. The Balaban J connectivity index is 1.97. The van der Waals surface area contributed by atoms with Crippen LogP contribution in [0.3, 0.4) is 0 Å². The summed E-state index contributed by atoms with van der Waals surface area (Å²) in [6, 6.07) is 1.73. The molecule has 8 atom stereocenters. The molecule has 0 spiro atoms. The molecule has 0 heterocycles. The van der Waals surface area contributed by atoms with Crippen molar-refractivity contribution in [1.29, 1.82) is 0 Å². The van der Waals surface area contributed by atoms with Gasteiger partial charge >= 0.3 is 0 Å². The Hall–Kier alpha value is -2.47. The van der Waals surface area contributed by atoms with E-state index in [0.29, 0.717) is 5.56 Å². The third-order valence-corrected chi connectivity index (χ3v) is 8.08. The standard InChI is InChI=1S/C22H23BrN2O8/c1-6-7-4-5-8(23)15(26)10(7)16(27)11-9(6)17(28)13-14(25(2)3)18(29)12(21(24)32)20(31)22(13,33)19(11)30/h4-6,9,11-14,17,26,28,33H,1-3H3,(H2,24,32)/t6-,9+,11?,12?,13+,14-,17-,22-/m0/s1. The lowest BCUT2D eigenvalue weighted by Crippen LogP contribution is -2.77. The van der Waals surface area contributed by atoms with Crippen LogP contribution in [-0.4, -0.2) is 81.1 Å². The van der Waals surface area contributed by atoms with Gasteiger partial charge in [-0.2, -0.15) is 0 Å². The van der Waals surface area contributed by atoms with Crippen molar-refractivity contribution in [3.8, 4) is 5.75 Å². The van der Waals surface area contributed by atoms with Crippen LogP contribution in [0.15, 0.2) is 16.6 Å². The molecule has 3 aliphatic rings. The number of primary amides is 1. The van der Waals surface area contributed by atoms with E-state index in [1.807, 2.05) is 0 Å². The number of aromatic hydroxyl groups is 1. The predicted molar refractivity (Wildman–Crippen MR) is 115 cm³/mol. The highest BCUT2D eigenvalue weighted by atomic mass is 79.9. The third-order valence-electron chi connectivity index (χ3n) is 7.44. The number of likely N-dealkylation sites (N-methyl/N-ethyl adjacent to an activating group) is 1. The number of amides is 1. The van der Waals surface area contributed by atoms with E-state index in [4.69, 9.17) is 5.73 Å². The van der Waals surface area contributed by atoms with Crippen LogP contribution in [0, 0.1) is 23.7 Å². The average Bonchev–Trinajstić information content (AvgIpc) is 2.72. The molecular weight excluding hydrogens is 500 g/mol. The quantitative estimate of drug-likeness (QED) is 0.360. The van der Waals surface area contributed by atoms with Gasteiger partial charge in [-0.15, -0.1) is 0 Å². The third kappa shape index (κ3) is 2.86. The van der Waals surface area contributed by atoms with Crippen molar-refractivity contribution in [1.82, 2.24) is 4.90 Å². The highest BCUT2D eigenvalue weighted by Gasteiger charge is 2.72. The lowest BCUT2D eigenvalue weighted by molar-refractivity contribution is -0.196. The van der Waals surface area contributed by atoms with Crippen LogP contribution in [0.5, 0.6) is 5.75 Å². The predicted octanol–water partition coefficient (Wildman–Crippen LogP) is -0.839. The number of nitrogens with zero attached hydrogens (tertiary/aromatic N) is 1. The number of phenolic OH excluding ortho intramolecular Hbond substituents is 1. The molecular formula is C22H23BrN2O8. The molecule has 1 aromatic rings. The van der Waals surface area contributed by atoms with E-state index in [1.165, 1.54) is 25.1 Å². The van der Waals surface area contributed by atoms with Crippen molar-refractivity contribution in [2.24, 2.45) is 29.4 Å². The minimum absolute atomic E-state index is 0.143. The van der Waals surface area contributed by atoms with E-state index in [-0.39, 0.29) is 10.0 Å². The number of phenols is 1. The van der Waals surface area contributed by atoms with E-state index < -0.39 is 82.1 Å². The van der Waals surface area contributed by atoms with Gasteiger partial charge in [-0.25, -0.2) is 0 Å². The summed E-state index contributed by atoms with van der Waals surface area (Å²) >= 11 is 3.13. The smallest absolute Gasteiger partial charge is 0.235 e. The zero-order chi connectivity index (χ0) is 24.7. The number of carbonyl (C=O) groups is 5. The fraction of sp³-hybridized carbons (Fsp3) is 0.500. The van der Waals surface area contributed by atoms with Gasteiger partial charge in [0.25, 0.3) is 0 Å². The molecule has 2 fully saturated rings. The van der Waals surface area contributed by atoms with Crippen molar-refractivity contribution >= 4 is 45.0 Å². The second-order valence-corrected chi connectivity index (χ2v) is 10.1. The summed E-state index contributed by atoms with van der Waals surface area (Å²) in [5, 5.41) is 33.4. The first-order chi connectivity index (χ1) is 15.3. The van der Waals surface area contributed by atoms with Gasteiger partial charge in [0.15, 0.2) is 34.7 Å². The molecule has 0 bridgehead atoms. The summed E-state index contributed by atoms with van der Waals surface area (Å²) < 4.78 is 0.210. The molecule has 10 nitrogen and oxygen atoms in total. The molecule has 2 unspecified atom stereocenters. The molecule has 0 saturated heterocycles. The van der Waals surface area contributed by atoms with Crippen LogP contribution in [0.25, 0.3) is 0 Å². The van der Waals surface area contributed by atoms with Gasteiger partial charge in [-0.05, 0) is 47.6 Å². The molecule has 0 aromatic heterocycles. The maximum absolute atomic E-state index is 13.7. The van der Waals surface area contributed by atoms with Gasteiger partial charge in [0, 0.05) is 5.92 Å². The van der Waals surface area contributed by atoms with Crippen molar-refractivity contribution in [2.75, 3.05) is 14.1 Å². The number of ketones is 4. The van der Waals surface area contributed by atoms with Crippen LogP contribution in [0.4, 0.5) is 0 Å². The normalized spacial score (nSPS) is 38.1. The molecule has 1 amide bonds. The van der Waals surface area contributed by atoms with E-state index >= 15 is 0 Å². The van der Waals surface area contributed by atoms with E-state index in [1.54, 1.807) is 13.0 Å². The number of aliphatic hydroxyl groups is 2. The number of hydrogen-bond acceptors (Lipinski definition) is 9. The number of halogens is 1. The van der Waals surface area contributed by atoms with Crippen LogP contribution < -0.4 is 5.73 Å². The SMILES string of the molecule is C[C@H]1c2ccc(Br)c(O)c2C(=O)C2C(=O)[C@]3(O)C(=O)C(C(N)=O)C(=O)[C@@H](N(C)C)[C@@H]3[C@@H](O)[C@@H]21. The number of carbonyl (C=O) groups excluding carboxylic acids is 5. The molecule has 1 aromatic carbocycles. The number of nitrogens with two attached hydrogens (primary N) is 1. The van der Waals surface area contributed by atoms with Gasteiger partial charge in [-0.1, -0.05) is 13.0 Å². The van der Waals surface area contributed by atoms with Gasteiger partial charge in [0.2, 0.25) is 5.91 Å². The largest absolute Gasteiger partial charge is 0.506 e. The fourth-order valence-electron chi connectivity index (χ4n) is 5.96. The number of fused-ring (bicyclic) bond motifs is 3. The Labute approximate surface area is 196 Å². The van der Waals surface area contributed by atoms with Crippen molar-refractivity contribution < 1.29 is 39.3 Å². The number of aliphatic hydroxyl groups excluding tert-OH is 1. The van der Waals surface area contributed by atoms with Crippen LogP contribution in [0.2, 0.25) is 0 Å². The first-order valence-electron chi connectivity index (χ1n) is 10.3. The molecule has 2 saturated carbocycles. The second-order valence-electron chi connectivity index (χ2n) is 9.23. The van der Waals surface area contributed by atoms with Crippen LogP contribution >= 0.6 is 15.9 Å². The zero-order valence-electron chi connectivity index (χ0n) is 18.0. The first-order valence-corrected chi connectivity index (χ1v) is 11.1. The summed E-state index contributed by atoms with van der Waals surface area (Å²) in [5.41, 5.74) is 2.52. The number of Topliss-reactive ketones (excluding diaryl/α,β-unsaturated/α-hetero) is 4. The molecule has 11 heteroatoms. The Morgan fingerprint density at radius 3 is 2.30 bits per heavy atom. The van der Waals surface area contributed by atoms with E-state index in [0.717, 1.165) is 0 Å². The summed E-state index contributed by atoms with van der Waals surface area (Å²) in [5.74, 6) is -13.3. The summed E-state index contributed by atoms with van der Waals surface area (Å²) in [6.07, 6.45) is -1.63. The average molecular weight is 523 g/mol. The minimum atomic E-state index is -2.99. The van der Waals surface area contributed by atoms with Crippen LogP contribution in [0.1, 0.15) is 28.8 Å². The van der Waals surface area contributed by atoms with E-state index in [9.17, 15) is 39.3 Å². The summed E-state index contributed by atoms with van der Waals surface area (Å²) in [4.78, 5) is 66.7. The topological polar surface area (TPSA) is 175 Å². The molecule has 5 N–H and O–H groups in total. The molecule has 3 aliphatic carbocycles. The Kier molecular flexibility index (Phi) is 5.40. The lowest BCUT2D eigenvalue weighted by atomic mass is 9.49. The van der Waals surface area contributed by atoms with Crippen molar-refractivity contribution in [2.45, 2.75) is 30.6 Å². The fourth-order valence-corrected chi connectivity index (χ4v) is 6.29. The Bertz CT molecular complexity index is 1130. The number of hydrogen-bond donors (Lipinski definition) is 4. The number of rotatable bonds is 2. The highest BCUT2D eigenvalue weighted by Crippen LogP contribution is 2.54. The second kappa shape index (κ2) is 7.52. The maximum atomic E-state index is 13.7. The van der Waals surface area contributed by atoms with Crippen LogP contribution in [-0.2, 0) is 19.2 Å². The maximum Gasteiger partial charge on any atom is 0.235 e. The molecule has 0 radical (unpaired) electrons. The number of benzene rings is 1. The van der Waals surface area contributed by atoms with Gasteiger partial charge in [0.1, 0.15) is 5.75 Å². The van der Waals surface area contributed by atoms with Crippen molar-refractivity contribution in [3.05, 3.63) is 27.7 Å². The molecule has 176 valence electrons. The minimum Gasteiger partial charge on any atom is -0.506 e. The Morgan fingerprint density at radius 1 is 1.15 bits per heavy atom. The lowest BCUT2D eigenvalue weighted by Gasteiger charge is -2.56. The Morgan fingerprint density at radius 2 is 1.76 bits per heavy atom. The molecule has 33 heavy (non-hydrogen) atoms. The van der Waals surface area contributed by atoms with Gasteiger partial charge in [-0.3, -0.25) is 28.9 Å². The first kappa shape index (κ1) is 23.7. The molecule has 0 aliphatic heterocycles. The van der Waals surface area contributed by atoms with Gasteiger partial charge < -0.3 is 21.1 Å². The monoisotopic (exact) mass is 522 g/mol. The van der Waals surface area contributed by atoms with E-state index in [2.05, 4.69) is 15.9 Å². The zero-order valence-corrected chi connectivity index (χ0v) is 19.6. The highest BCUT2D eigenvalue weighted by molar-refractivity contribution is 9.10.